The Hall–Kier alpha value is -1.55. The predicted octanol–water partition coefficient (Wildman–Crippen LogP) is 1.44. The molecule has 2 rings (SSSR count). The van der Waals surface area contributed by atoms with E-state index in [1.54, 1.807) is 6.92 Å². The SMILES string of the molecule is CC(O)CCCNC(=O)C1COc2ccccc21. The average molecular weight is 249 g/mol. The van der Waals surface area contributed by atoms with Crippen molar-refractivity contribution < 1.29 is 14.6 Å². The Bertz CT molecular complexity index is 417. The monoisotopic (exact) mass is 249 g/mol. The van der Waals surface area contributed by atoms with Crippen LogP contribution in [0.4, 0.5) is 0 Å². The molecule has 0 spiro atoms. The normalized spacial score (nSPS) is 18.9. The maximum absolute atomic E-state index is 12.0. The fraction of sp³-hybridized carbons (Fsp3) is 0.500. The molecule has 1 aromatic rings. The molecule has 1 aliphatic heterocycles. The van der Waals surface area contributed by atoms with Gasteiger partial charge in [0.1, 0.15) is 18.3 Å². The quantitative estimate of drug-likeness (QED) is 0.776. The van der Waals surface area contributed by atoms with Crippen molar-refractivity contribution in [2.75, 3.05) is 13.2 Å². The number of amides is 1. The lowest BCUT2D eigenvalue weighted by atomic mass is 10.0. The van der Waals surface area contributed by atoms with Crippen molar-refractivity contribution in [1.29, 1.82) is 0 Å². The summed E-state index contributed by atoms with van der Waals surface area (Å²) < 4.78 is 5.48. The van der Waals surface area contributed by atoms with E-state index in [0.29, 0.717) is 19.6 Å². The molecule has 1 aromatic carbocycles. The maximum atomic E-state index is 12.0. The third-order valence-corrected chi connectivity index (χ3v) is 3.11. The summed E-state index contributed by atoms with van der Waals surface area (Å²) in [4.78, 5) is 12.0. The Labute approximate surface area is 107 Å². The fourth-order valence-electron chi connectivity index (χ4n) is 2.11. The molecule has 0 radical (unpaired) electrons. The van der Waals surface area contributed by atoms with Crippen molar-refractivity contribution in [2.24, 2.45) is 0 Å². The first-order valence-corrected chi connectivity index (χ1v) is 6.36. The number of hydrogen-bond acceptors (Lipinski definition) is 3. The molecular formula is C14H19NO3. The highest BCUT2D eigenvalue weighted by atomic mass is 16.5. The number of hydrogen-bond donors (Lipinski definition) is 2. The third-order valence-electron chi connectivity index (χ3n) is 3.11. The first-order valence-electron chi connectivity index (χ1n) is 6.36. The zero-order chi connectivity index (χ0) is 13.0. The minimum absolute atomic E-state index is 0.00513. The van der Waals surface area contributed by atoms with E-state index < -0.39 is 0 Å². The van der Waals surface area contributed by atoms with E-state index in [1.165, 1.54) is 0 Å². The second-order valence-electron chi connectivity index (χ2n) is 4.68. The lowest BCUT2D eigenvalue weighted by Gasteiger charge is -2.10. The van der Waals surface area contributed by atoms with Gasteiger partial charge in [-0.05, 0) is 25.8 Å². The van der Waals surface area contributed by atoms with Crippen molar-refractivity contribution in [3.63, 3.8) is 0 Å². The van der Waals surface area contributed by atoms with E-state index in [1.807, 2.05) is 24.3 Å². The van der Waals surface area contributed by atoms with E-state index in [2.05, 4.69) is 5.32 Å². The second kappa shape index (κ2) is 5.87. The number of nitrogens with one attached hydrogen (secondary N) is 1. The van der Waals surface area contributed by atoms with Crippen molar-refractivity contribution >= 4 is 5.91 Å². The Balaban J connectivity index is 1.84. The Morgan fingerprint density at radius 2 is 2.33 bits per heavy atom. The van der Waals surface area contributed by atoms with Crippen LogP contribution in [0.1, 0.15) is 31.2 Å². The van der Waals surface area contributed by atoms with Gasteiger partial charge in [0.25, 0.3) is 0 Å². The highest BCUT2D eigenvalue weighted by Crippen LogP contribution is 2.33. The third kappa shape index (κ3) is 3.01. The molecule has 18 heavy (non-hydrogen) atoms. The van der Waals surface area contributed by atoms with E-state index in [9.17, 15) is 4.79 Å². The fourth-order valence-corrected chi connectivity index (χ4v) is 2.11. The number of benzene rings is 1. The van der Waals surface area contributed by atoms with Gasteiger partial charge in [0.2, 0.25) is 5.91 Å². The van der Waals surface area contributed by atoms with Crippen molar-refractivity contribution in [1.82, 2.24) is 5.32 Å². The summed E-state index contributed by atoms with van der Waals surface area (Å²) in [7, 11) is 0. The molecule has 2 N–H and O–H groups in total. The molecule has 0 aromatic heterocycles. The average Bonchev–Trinajstić information content (AvgIpc) is 2.78. The molecular weight excluding hydrogens is 230 g/mol. The van der Waals surface area contributed by atoms with Crippen molar-refractivity contribution in [3.8, 4) is 5.75 Å². The Morgan fingerprint density at radius 3 is 3.11 bits per heavy atom. The van der Waals surface area contributed by atoms with Crippen LogP contribution in [0.2, 0.25) is 0 Å². The van der Waals surface area contributed by atoms with Gasteiger partial charge in [-0.2, -0.15) is 0 Å². The van der Waals surface area contributed by atoms with Gasteiger partial charge in [-0.3, -0.25) is 4.79 Å². The van der Waals surface area contributed by atoms with Crippen LogP contribution >= 0.6 is 0 Å². The summed E-state index contributed by atoms with van der Waals surface area (Å²) in [6.45, 7) is 2.77. The van der Waals surface area contributed by atoms with Gasteiger partial charge >= 0.3 is 0 Å². The topological polar surface area (TPSA) is 58.6 Å². The van der Waals surface area contributed by atoms with Gasteiger partial charge in [0.15, 0.2) is 0 Å². The molecule has 0 bridgehead atoms. The summed E-state index contributed by atoms with van der Waals surface area (Å²) >= 11 is 0. The van der Waals surface area contributed by atoms with Gasteiger partial charge in [-0.1, -0.05) is 18.2 Å². The molecule has 1 amide bonds. The van der Waals surface area contributed by atoms with E-state index in [4.69, 9.17) is 9.84 Å². The summed E-state index contributed by atoms with van der Waals surface area (Å²) in [5.41, 5.74) is 0.963. The molecule has 2 unspecified atom stereocenters. The molecule has 4 nitrogen and oxygen atoms in total. The predicted molar refractivity (Wildman–Crippen MR) is 68.6 cm³/mol. The van der Waals surface area contributed by atoms with Crippen LogP contribution in [-0.2, 0) is 4.79 Å². The number of aliphatic hydroxyl groups is 1. The van der Waals surface area contributed by atoms with E-state index in [0.717, 1.165) is 17.7 Å². The zero-order valence-corrected chi connectivity index (χ0v) is 10.6. The molecule has 98 valence electrons. The van der Waals surface area contributed by atoms with Crippen molar-refractivity contribution in [3.05, 3.63) is 29.8 Å². The molecule has 4 heteroatoms. The van der Waals surface area contributed by atoms with Gasteiger partial charge < -0.3 is 15.2 Å². The van der Waals surface area contributed by atoms with Gasteiger partial charge in [0, 0.05) is 12.1 Å². The molecule has 0 saturated carbocycles. The number of aliphatic hydroxyl groups excluding tert-OH is 1. The van der Waals surface area contributed by atoms with Crippen LogP contribution in [-0.4, -0.2) is 30.3 Å². The first-order chi connectivity index (χ1) is 8.68. The minimum atomic E-state index is -0.308. The van der Waals surface area contributed by atoms with Crippen LogP contribution < -0.4 is 10.1 Å². The number of para-hydroxylation sites is 1. The summed E-state index contributed by atoms with van der Waals surface area (Å²) in [5, 5.41) is 12.0. The largest absolute Gasteiger partial charge is 0.492 e. The smallest absolute Gasteiger partial charge is 0.231 e. The molecule has 2 atom stereocenters. The van der Waals surface area contributed by atoms with Crippen LogP contribution in [0.5, 0.6) is 5.75 Å². The lowest BCUT2D eigenvalue weighted by molar-refractivity contribution is -0.122. The van der Waals surface area contributed by atoms with E-state index >= 15 is 0 Å². The summed E-state index contributed by atoms with van der Waals surface area (Å²) in [6.07, 6.45) is 1.19. The number of carbonyl (C=O) groups excluding carboxylic acids is 1. The molecule has 0 saturated heterocycles. The standard InChI is InChI=1S/C14H19NO3/c1-10(16)5-4-8-15-14(17)12-9-18-13-7-3-2-6-11(12)13/h2-3,6-7,10,12,16H,4-5,8-9H2,1H3,(H,15,17). The van der Waals surface area contributed by atoms with Crippen molar-refractivity contribution in [2.45, 2.75) is 31.8 Å². The minimum Gasteiger partial charge on any atom is -0.492 e. The second-order valence-corrected chi connectivity index (χ2v) is 4.68. The Morgan fingerprint density at radius 1 is 1.56 bits per heavy atom. The summed E-state index contributed by atoms with van der Waals surface area (Å²) in [6, 6.07) is 7.64. The van der Waals surface area contributed by atoms with Gasteiger partial charge in [-0.15, -0.1) is 0 Å². The molecule has 1 aliphatic rings. The number of carbonyl (C=O) groups is 1. The number of fused-ring (bicyclic) bond motifs is 1. The summed E-state index contributed by atoms with van der Waals surface area (Å²) in [5.74, 6) is 0.611. The van der Waals surface area contributed by atoms with Crippen LogP contribution in [0.3, 0.4) is 0 Å². The highest BCUT2D eigenvalue weighted by Gasteiger charge is 2.29. The van der Waals surface area contributed by atoms with Gasteiger partial charge in [-0.25, -0.2) is 0 Å². The van der Waals surface area contributed by atoms with E-state index in [-0.39, 0.29) is 17.9 Å². The first kappa shape index (κ1) is 12.9. The number of ether oxygens (including phenoxy) is 1. The van der Waals surface area contributed by atoms with Crippen LogP contribution in [0.15, 0.2) is 24.3 Å². The maximum Gasteiger partial charge on any atom is 0.231 e. The molecule has 1 heterocycles. The van der Waals surface area contributed by atoms with Crippen LogP contribution in [0, 0.1) is 0 Å². The highest BCUT2D eigenvalue weighted by molar-refractivity contribution is 5.85. The lowest BCUT2D eigenvalue weighted by Crippen LogP contribution is -2.31. The van der Waals surface area contributed by atoms with Gasteiger partial charge in [0.05, 0.1) is 6.10 Å². The number of rotatable bonds is 5. The molecule has 0 fully saturated rings. The van der Waals surface area contributed by atoms with Crippen LogP contribution in [0.25, 0.3) is 0 Å². The molecule has 0 aliphatic carbocycles. The Kier molecular flexibility index (Phi) is 4.20. The zero-order valence-electron chi connectivity index (χ0n) is 10.6.